The lowest BCUT2D eigenvalue weighted by atomic mass is 9.95. The van der Waals surface area contributed by atoms with Crippen LogP contribution in [0.25, 0.3) is 0 Å². The van der Waals surface area contributed by atoms with Crippen LogP contribution in [0.15, 0.2) is 18.2 Å². The van der Waals surface area contributed by atoms with E-state index in [1.165, 1.54) is 29.5 Å². The summed E-state index contributed by atoms with van der Waals surface area (Å²) < 4.78 is 0. The van der Waals surface area contributed by atoms with Crippen LogP contribution in [0.5, 0.6) is 0 Å². The molecule has 0 saturated carbocycles. The van der Waals surface area contributed by atoms with E-state index in [1.807, 2.05) is 0 Å². The van der Waals surface area contributed by atoms with E-state index >= 15 is 0 Å². The van der Waals surface area contributed by atoms with Crippen molar-refractivity contribution in [2.75, 3.05) is 13.6 Å². The van der Waals surface area contributed by atoms with Gasteiger partial charge >= 0.3 is 0 Å². The second-order valence-corrected chi connectivity index (χ2v) is 5.34. The van der Waals surface area contributed by atoms with Gasteiger partial charge in [0.25, 0.3) is 0 Å². The van der Waals surface area contributed by atoms with Crippen LogP contribution < -0.4 is 5.73 Å². The van der Waals surface area contributed by atoms with E-state index in [0.717, 1.165) is 0 Å². The maximum atomic E-state index is 6.02. The summed E-state index contributed by atoms with van der Waals surface area (Å²) in [5.74, 6) is 0. The first-order chi connectivity index (χ1) is 8.52. The third-order valence-corrected chi connectivity index (χ3v) is 4.12. The van der Waals surface area contributed by atoms with Crippen LogP contribution in [0.2, 0.25) is 0 Å². The molecule has 2 heteroatoms. The Morgan fingerprint density at radius 3 is 2.50 bits per heavy atom. The monoisotopic (exact) mass is 248 g/mol. The second kappa shape index (κ2) is 6.91. The molecule has 0 heterocycles. The van der Waals surface area contributed by atoms with Crippen molar-refractivity contribution in [2.24, 2.45) is 5.73 Å². The van der Waals surface area contributed by atoms with E-state index in [-0.39, 0.29) is 0 Å². The van der Waals surface area contributed by atoms with Gasteiger partial charge in [-0.1, -0.05) is 31.5 Å². The number of likely N-dealkylation sites (N-methyl/N-ethyl adjacent to an activating group) is 1. The fourth-order valence-corrected chi connectivity index (χ4v) is 2.58. The quantitative estimate of drug-likeness (QED) is 0.836. The minimum Gasteiger partial charge on any atom is -0.329 e. The van der Waals surface area contributed by atoms with Crippen molar-refractivity contribution >= 4 is 0 Å². The van der Waals surface area contributed by atoms with E-state index in [9.17, 15) is 0 Å². The predicted octanol–water partition coefficient (Wildman–Crippen LogP) is 3.42. The van der Waals surface area contributed by atoms with Crippen LogP contribution in [-0.4, -0.2) is 24.5 Å². The highest BCUT2D eigenvalue weighted by Gasteiger charge is 2.21. The summed E-state index contributed by atoms with van der Waals surface area (Å²) in [5.41, 5.74) is 10.1. The SMILES string of the molecule is CCCC(C)N(C)C(CN)c1cccc(C)c1C. The number of nitrogens with zero attached hydrogens (tertiary/aromatic N) is 1. The van der Waals surface area contributed by atoms with E-state index in [2.05, 4.69) is 57.8 Å². The van der Waals surface area contributed by atoms with E-state index in [1.54, 1.807) is 0 Å². The molecule has 0 spiro atoms. The summed E-state index contributed by atoms with van der Waals surface area (Å²) in [7, 11) is 2.19. The van der Waals surface area contributed by atoms with Crippen molar-refractivity contribution in [1.29, 1.82) is 0 Å². The van der Waals surface area contributed by atoms with Crippen LogP contribution in [-0.2, 0) is 0 Å². The van der Waals surface area contributed by atoms with Gasteiger partial charge in [0.2, 0.25) is 0 Å². The number of nitrogens with two attached hydrogens (primary N) is 1. The molecule has 0 aliphatic rings. The average molecular weight is 248 g/mol. The molecule has 0 fully saturated rings. The molecular weight excluding hydrogens is 220 g/mol. The third-order valence-electron chi connectivity index (χ3n) is 4.12. The Morgan fingerprint density at radius 1 is 1.28 bits per heavy atom. The Morgan fingerprint density at radius 2 is 1.94 bits per heavy atom. The maximum Gasteiger partial charge on any atom is 0.0472 e. The Kier molecular flexibility index (Phi) is 5.83. The van der Waals surface area contributed by atoms with E-state index < -0.39 is 0 Å². The molecule has 1 rings (SSSR count). The molecule has 0 amide bonds. The van der Waals surface area contributed by atoms with Crippen LogP contribution in [0.3, 0.4) is 0 Å². The van der Waals surface area contributed by atoms with Gasteiger partial charge in [-0.2, -0.15) is 0 Å². The summed E-state index contributed by atoms with van der Waals surface area (Å²) in [6, 6.07) is 7.42. The largest absolute Gasteiger partial charge is 0.329 e. The third kappa shape index (κ3) is 3.33. The molecule has 0 saturated heterocycles. The molecule has 2 N–H and O–H groups in total. The van der Waals surface area contributed by atoms with Crippen molar-refractivity contribution < 1.29 is 0 Å². The summed E-state index contributed by atoms with van der Waals surface area (Å²) in [6.07, 6.45) is 2.44. The zero-order chi connectivity index (χ0) is 13.7. The number of aryl methyl sites for hydroxylation is 1. The highest BCUT2D eigenvalue weighted by atomic mass is 15.2. The minimum atomic E-state index is 0.325. The van der Waals surface area contributed by atoms with Crippen LogP contribution >= 0.6 is 0 Å². The van der Waals surface area contributed by atoms with Crippen LogP contribution in [0.4, 0.5) is 0 Å². The number of benzene rings is 1. The highest BCUT2D eigenvalue weighted by molar-refractivity contribution is 5.35. The Labute approximate surface area is 112 Å². The first-order valence-corrected chi connectivity index (χ1v) is 7.01. The molecule has 0 aliphatic heterocycles. The van der Waals surface area contributed by atoms with E-state index in [4.69, 9.17) is 5.73 Å². The standard InChI is InChI=1S/C16H28N2/c1-6-8-13(3)18(5)16(11-17)15-10-7-9-12(2)14(15)4/h7,9-10,13,16H,6,8,11,17H2,1-5H3. The van der Waals surface area contributed by atoms with Crippen molar-refractivity contribution in [1.82, 2.24) is 4.90 Å². The van der Waals surface area contributed by atoms with Gasteiger partial charge in [0.15, 0.2) is 0 Å². The van der Waals surface area contributed by atoms with Crippen molar-refractivity contribution in [3.8, 4) is 0 Å². The Bertz CT molecular complexity index is 373. The molecule has 102 valence electrons. The summed E-state index contributed by atoms with van der Waals surface area (Å²) in [6.45, 7) is 9.57. The maximum absolute atomic E-state index is 6.02. The highest BCUT2D eigenvalue weighted by Crippen LogP contribution is 2.26. The molecular formula is C16H28N2. The fraction of sp³-hybridized carbons (Fsp3) is 0.625. The van der Waals surface area contributed by atoms with Crippen LogP contribution in [0, 0.1) is 13.8 Å². The fourth-order valence-electron chi connectivity index (χ4n) is 2.58. The van der Waals surface area contributed by atoms with Crippen molar-refractivity contribution in [3.63, 3.8) is 0 Å². The Balaban J connectivity index is 2.98. The molecule has 0 bridgehead atoms. The lowest BCUT2D eigenvalue weighted by Gasteiger charge is -2.34. The first kappa shape index (κ1) is 15.2. The number of hydrogen-bond acceptors (Lipinski definition) is 2. The smallest absolute Gasteiger partial charge is 0.0472 e. The van der Waals surface area contributed by atoms with Gasteiger partial charge < -0.3 is 5.73 Å². The molecule has 1 aromatic rings. The number of hydrogen-bond donors (Lipinski definition) is 1. The van der Waals surface area contributed by atoms with Gasteiger partial charge in [0, 0.05) is 18.6 Å². The molecule has 0 aromatic heterocycles. The normalized spacial score (nSPS) is 14.8. The molecule has 2 unspecified atom stereocenters. The molecule has 2 atom stereocenters. The summed E-state index contributed by atoms with van der Waals surface area (Å²) in [5, 5.41) is 0. The van der Waals surface area contributed by atoms with Crippen molar-refractivity contribution in [3.05, 3.63) is 34.9 Å². The minimum absolute atomic E-state index is 0.325. The van der Waals surface area contributed by atoms with E-state index in [0.29, 0.717) is 18.6 Å². The van der Waals surface area contributed by atoms with Gasteiger partial charge in [0.05, 0.1) is 0 Å². The molecule has 18 heavy (non-hydrogen) atoms. The zero-order valence-corrected chi connectivity index (χ0v) is 12.5. The Hall–Kier alpha value is -0.860. The molecule has 1 aromatic carbocycles. The van der Waals surface area contributed by atoms with Crippen LogP contribution in [0.1, 0.15) is 49.4 Å². The van der Waals surface area contributed by atoms with Gasteiger partial charge in [-0.15, -0.1) is 0 Å². The number of rotatable bonds is 6. The lowest BCUT2D eigenvalue weighted by molar-refractivity contribution is 0.179. The molecule has 0 radical (unpaired) electrons. The first-order valence-electron chi connectivity index (χ1n) is 7.01. The van der Waals surface area contributed by atoms with Gasteiger partial charge in [-0.25, -0.2) is 0 Å². The molecule has 2 nitrogen and oxygen atoms in total. The molecule has 0 aliphatic carbocycles. The predicted molar refractivity (Wildman–Crippen MR) is 79.8 cm³/mol. The lowest BCUT2D eigenvalue weighted by Crippen LogP contribution is -2.37. The topological polar surface area (TPSA) is 29.3 Å². The van der Waals surface area contributed by atoms with Gasteiger partial charge in [-0.05, 0) is 50.9 Å². The average Bonchev–Trinajstić information content (AvgIpc) is 2.35. The van der Waals surface area contributed by atoms with Crippen molar-refractivity contribution in [2.45, 2.75) is 52.6 Å². The van der Waals surface area contributed by atoms with Gasteiger partial charge in [0.1, 0.15) is 0 Å². The summed E-state index contributed by atoms with van der Waals surface area (Å²) in [4.78, 5) is 2.42. The second-order valence-electron chi connectivity index (χ2n) is 5.34. The van der Waals surface area contributed by atoms with Gasteiger partial charge in [-0.3, -0.25) is 4.90 Å². The zero-order valence-electron chi connectivity index (χ0n) is 12.5. The summed E-state index contributed by atoms with van der Waals surface area (Å²) >= 11 is 0.